The first-order valence-corrected chi connectivity index (χ1v) is 12.3. The number of hydrogen-bond acceptors (Lipinski definition) is 8. The molecule has 0 radical (unpaired) electrons. The molecule has 1 saturated heterocycles. The fourth-order valence-electron chi connectivity index (χ4n) is 4.73. The predicted molar refractivity (Wildman–Crippen MR) is 146 cm³/mol. The van der Waals surface area contributed by atoms with Gasteiger partial charge in [0.15, 0.2) is 0 Å². The average molecular weight is 496 g/mol. The molecule has 1 aliphatic rings. The Morgan fingerprint density at radius 2 is 1.59 bits per heavy atom. The molecule has 9 nitrogen and oxygen atoms in total. The predicted octanol–water partition coefficient (Wildman–Crippen LogP) is 5.06. The van der Waals surface area contributed by atoms with Crippen LogP contribution in [0.3, 0.4) is 0 Å². The van der Waals surface area contributed by atoms with Gasteiger partial charge in [0.2, 0.25) is 11.6 Å². The van der Waals surface area contributed by atoms with Gasteiger partial charge < -0.3 is 14.7 Å². The summed E-state index contributed by atoms with van der Waals surface area (Å²) in [6.45, 7) is 7.36. The number of aryl methyl sites for hydroxylation is 1. The van der Waals surface area contributed by atoms with E-state index >= 15 is 0 Å². The molecule has 3 heterocycles. The third-order valence-electron chi connectivity index (χ3n) is 6.83. The lowest BCUT2D eigenvalue weighted by atomic mass is 10.1. The van der Waals surface area contributed by atoms with Crippen molar-refractivity contribution in [1.29, 1.82) is 0 Å². The highest BCUT2D eigenvalue weighted by Crippen LogP contribution is 2.38. The van der Waals surface area contributed by atoms with Gasteiger partial charge in [-0.05, 0) is 48.7 Å². The SMILES string of the molecule is Cc1cccc(N2CCN(c3ncnc(N(Cc4ccccc4)c4ccccn4)c3[N+](=O)[O-])CC2)c1C. The first-order chi connectivity index (χ1) is 18.0. The molecule has 1 aliphatic heterocycles. The van der Waals surface area contributed by atoms with E-state index in [-0.39, 0.29) is 16.4 Å². The largest absolute Gasteiger partial charge is 0.368 e. The monoisotopic (exact) mass is 495 g/mol. The summed E-state index contributed by atoms with van der Waals surface area (Å²) < 4.78 is 0. The zero-order valence-electron chi connectivity index (χ0n) is 21.0. The van der Waals surface area contributed by atoms with Gasteiger partial charge in [0.05, 0.1) is 11.5 Å². The molecule has 0 atom stereocenters. The molecule has 2 aromatic carbocycles. The van der Waals surface area contributed by atoms with Crippen molar-refractivity contribution in [3.05, 3.63) is 106 Å². The lowest BCUT2D eigenvalue weighted by molar-refractivity contribution is -0.383. The first kappa shape index (κ1) is 24.2. The Morgan fingerprint density at radius 3 is 2.30 bits per heavy atom. The summed E-state index contributed by atoms with van der Waals surface area (Å²) in [5, 5.41) is 12.5. The molecular weight excluding hydrogens is 466 g/mol. The van der Waals surface area contributed by atoms with Crippen LogP contribution in [0.2, 0.25) is 0 Å². The van der Waals surface area contributed by atoms with Crippen molar-refractivity contribution in [2.24, 2.45) is 0 Å². The maximum Gasteiger partial charge on any atom is 0.354 e. The molecule has 1 fully saturated rings. The van der Waals surface area contributed by atoms with Gasteiger partial charge in [-0.15, -0.1) is 0 Å². The van der Waals surface area contributed by atoms with Crippen LogP contribution in [0.15, 0.2) is 79.3 Å². The van der Waals surface area contributed by atoms with Crippen molar-refractivity contribution in [3.8, 4) is 0 Å². The zero-order chi connectivity index (χ0) is 25.8. The van der Waals surface area contributed by atoms with Crippen molar-refractivity contribution < 1.29 is 4.92 Å². The number of nitrogens with zero attached hydrogens (tertiary/aromatic N) is 7. The van der Waals surface area contributed by atoms with Crippen LogP contribution in [-0.2, 0) is 6.54 Å². The quantitative estimate of drug-likeness (QED) is 0.259. The molecule has 0 amide bonds. The highest BCUT2D eigenvalue weighted by atomic mass is 16.6. The van der Waals surface area contributed by atoms with Crippen LogP contribution in [0.25, 0.3) is 0 Å². The number of piperazine rings is 1. The van der Waals surface area contributed by atoms with Crippen molar-refractivity contribution in [3.63, 3.8) is 0 Å². The molecule has 0 N–H and O–H groups in total. The number of hydrogen-bond donors (Lipinski definition) is 0. The second kappa shape index (κ2) is 10.6. The standard InChI is InChI=1S/C28H29N7O2/c1-21-9-8-12-24(22(21)2)32-15-17-33(18-16-32)27-26(35(36)37)28(31-20-30-27)34(25-13-6-7-14-29-25)19-23-10-4-3-5-11-23/h3-14,20H,15-19H2,1-2H3. The van der Waals surface area contributed by atoms with E-state index in [2.05, 4.69) is 51.9 Å². The van der Waals surface area contributed by atoms with Crippen molar-refractivity contribution in [2.75, 3.05) is 40.9 Å². The fraction of sp³-hybridized carbons (Fsp3) is 0.250. The van der Waals surface area contributed by atoms with Crippen LogP contribution in [-0.4, -0.2) is 46.1 Å². The van der Waals surface area contributed by atoms with E-state index in [0.717, 1.165) is 18.7 Å². The van der Waals surface area contributed by atoms with Crippen molar-refractivity contribution in [1.82, 2.24) is 15.0 Å². The molecule has 0 unspecified atom stereocenters. The smallest absolute Gasteiger partial charge is 0.354 e. The first-order valence-electron chi connectivity index (χ1n) is 12.3. The van der Waals surface area contributed by atoms with E-state index in [1.165, 1.54) is 23.1 Å². The summed E-state index contributed by atoms with van der Waals surface area (Å²) in [6, 6.07) is 21.6. The fourth-order valence-corrected chi connectivity index (χ4v) is 4.73. The molecule has 2 aromatic heterocycles. The molecule has 0 bridgehead atoms. The minimum Gasteiger partial charge on any atom is -0.368 e. The van der Waals surface area contributed by atoms with Crippen LogP contribution in [0.4, 0.5) is 28.8 Å². The molecule has 37 heavy (non-hydrogen) atoms. The molecule has 5 rings (SSSR count). The molecule has 4 aromatic rings. The van der Waals surface area contributed by atoms with Gasteiger partial charge >= 0.3 is 5.69 Å². The summed E-state index contributed by atoms with van der Waals surface area (Å²) in [7, 11) is 0. The number of anilines is 4. The zero-order valence-corrected chi connectivity index (χ0v) is 21.0. The van der Waals surface area contributed by atoms with E-state index < -0.39 is 0 Å². The highest BCUT2D eigenvalue weighted by molar-refractivity contribution is 5.75. The van der Waals surface area contributed by atoms with Crippen LogP contribution in [0, 0.1) is 24.0 Å². The third-order valence-corrected chi connectivity index (χ3v) is 6.83. The van der Waals surface area contributed by atoms with E-state index in [4.69, 9.17) is 0 Å². The lowest BCUT2D eigenvalue weighted by Crippen LogP contribution is -2.47. The van der Waals surface area contributed by atoms with Gasteiger partial charge in [0.1, 0.15) is 12.1 Å². The molecule has 0 aliphatic carbocycles. The number of nitro groups is 1. The van der Waals surface area contributed by atoms with Crippen molar-refractivity contribution in [2.45, 2.75) is 20.4 Å². The molecule has 0 saturated carbocycles. The van der Waals surface area contributed by atoms with E-state index in [0.29, 0.717) is 31.3 Å². The number of aromatic nitrogens is 3. The Labute approximate surface area is 216 Å². The van der Waals surface area contributed by atoms with Gasteiger partial charge in [-0.2, -0.15) is 0 Å². The van der Waals surface area contributed by atoms with Crippen LogP contribution in [0.5, 0.6) is 0 Å². The summed E-state index contributed by atoms with van der Waals surface area (Å²) >= 11 is 0. The minimum absolute atomic E-state index is 0.107. The Hall–Kier alpha value is -4.53. The Morgan fingerprint density at radius 1 is 0.865 bits per heavy atom. The van der Waals surface area contributed by atoms with Crippen LogP contribution >= 0.6 is 0 Å². The maximum absolute atomic E-state index is 12.5. The van der Waals surface area contributed by atoms with Crippen LogP contribution in [0.1, 0.15) is 16.7 Å². The van der Waals surface area contributed by atoms with Crippen molar-refractivity contribution >= 4 is 28.8 Å². The third kappa shape index (κ3) is 5.06. The number of pyridine rings is 1. The van der Waals surface area contributed by atoms with E-state index in [1.54, 1.807) is 11.1 Å². The summed E-state index contributed by atoms with van der Waals surface area (Å²) in [5.74, 6) is 1.15. The van der Waals surface area contributed by atoms with Gasteiger partial charge in [-0.25, -0.2) is 15.0 Å². The van der Waals surface area contributed by atoms with Gasteiger partial charge in [0, 0.05) is 38.1 Å². The minimum atomic E-state index is -0.372. The highest BCUT2D eigenvalue weighted by Gasteiger charge is 2.33. The topological polar surface area (TPSA) is 91.5 Å². The Balaban J connectivity index is 1.48. The summed E-state index contributed by atoms with van der Waals surface area (Å²) in [5.41, 5.74) is 4.61. The number of rotatable bonds is 7. The molecule has 0 spiro atoms. The van der Waals surface area contributed by atoms with Gasteiger partial charge in [0.25, 0.3) is 0 Å². The Bertz CT molecular complexity index is 1370. The van der Waals surface area contributed by atoms with E-state index in [9.17, 15) is 10.1 Å². The van der Waals surface area contributed by atoms with Gasteiger partial charge in [-0.3, -0.25) is 10.1 Å². The normalized spacial score (nSPS) is 13.5. The second-order valence-corrected chi connectivity index (χ2v) is 9.08. The Kier molecular flexibility index (Phi) is 6.93. The maximum atomic E-state index is 12.5. The lowest BCUT2D eigenvalue weighted by Gasteiger charge is -2.37. The van der Waals surface area contributed by atoms with Gasteiger partial charge in [-0.1, -0.05) is 48.5 Å². The molecule has 188 valence electrons. The van der Waals surface area contributed by atoms with Crippen LogP contribution < -0.4 is 14.7 Å². The molecule has 9 heteroatoms. The molecular formula is C28H29N7O2. The number of benzene rings is 2. The van der Waals surface area contributed by atoms with E-state index in [1.807, 2.05) is 53.4 Å². The summed E-state index contributed by atoms with van der Waals surface area (Å²) in [6.07, 6.45) is 3.09. The average Bonchev–Trinajstić information content (AvgIpc) is 2.94. The second-order valence-electron chi connectivity index (χ2n) is 9.08. The summed E-state index contributed by atoms with van der Waals surface area (Å²) in [4.78, 5) is 31.5.